The van der Waals surface area contributed by atoms with Crippen molar-refractivity contribution in [3.63, 3.8) is 0 Å². The van der Waals surface area contributed by atoms with E-state index in [-0.39, 0.29) is 12.2 Å². The van der Waals surface area contributed by atoms with E-state index in [0.29, 0.717) is 0 Å². The minimum absolute atomic E-state index is 0.169. The monoisotopic (exact) mass is 512 g/mol. The second-order valence-corrected chi connectivity index (χ2v) is 25.6. The van der Waals surface area contributed by atoms with Gasteiger partial charge in [0.05, 0.1) is 14.7 Å². The molecule has 2 aliphatic rings. The van der Waals surface area contributed by atoms with Gasteiger partial charge in [0, 0.05) is 6.42 Å². The maximum Gasteiger partial charge on any atom is 0.238 e. The first-order valence-corrected chi connectivity index (χ1v) is 22.3. The molecule has 2 rings (SSSR count). The zero-order valence-electron chi connectivity index (χ0n) is 23.1. The quantitative estimate of drug-likeness (QED) is 0.248. The van der Waals surface area contributed by atoms with Gasteiger partial charge in [-0.3, -0.25) is 0 Å². The van der Waals surface area contributed by atoms with Crippen molar-refractivity contribution in [1.29, 1.82) is 0 Å². The SMILES string of the molecule is CC[Si](CC)(CC)O[C@@H]1[C@@H](O[Si](CC)(CC)CC)/C(=C/C=C/[Si](C)(C)C)O[C@]12CCCCO2. The molecule has 33 heavy (non-hydrogen) atoms. The van der Waals surface area contributed by atoms with Crippen LogP contribution in [0.2, 0.25) is 55.9 Å². The Labute approximate surface area is 207 Å². The van der Waals surface area contributed by atoms with Gasteiger partial charge in [-0.2, -0.15) is 0 Å². The number of hydrogen-bond acceptors (Lipinski definition) is 4. The van der Waals surface area contributed by atoms with Crippen molar-refractivity contribution in [1.82, 2.24) is 0 Å². The first-order chi connectivity index (χ1) is 15.6. The molecule has 192 valence electrons. The van der Waals surface area contributed by atoms with E-state index in [2.05, 4.69) is 79.0 Å². The minimum Gasteiger partial charge on any atom is -0.461 e. The number of ether oxygens (including phenoxy) is 2. The van der Waals surface area contributed by atoms with Crippen molar-refractivity contribution in [2.75, 3.05) is 6.61 Å². The van der Waals surface area contributed by atoms with Crippen LogP contribution in [0, 0.1) is 0 Å². The molecule has 0 amide bonds. The molecule has 0 radical (unpaired) electrons. The normalized spacial score (nSPS) is 28.2. The van der Waals surface area contributed by atoms with Crippen LogP contribution in [0.5, 0.6) is 0 Å². The molecule has 7 heteroatoms. The van der Waals surface area contributed by atoms with Crippen LogP contribution >= 0.6 is 0 Å². The van der Waals surface area contributed by atoms with E-state index in [1.54, 1.807) is 0 Å². The van der Waals surface area contributed by atoms with E-state index in [1.165, 1.54) is 0 Å². The molecule has 0 unspecified atom stereocenters. The summed E-state index contributed by atoms with van der Waals surface area (Å²) in [6.45, 7) is 21.6. The summed E-state index contributed by atoms with van der Waals surface area (Å²) < 4.78 is 27.7. The van der Waals surface area contributed by atoms with Crippen LogP contribution in [0.15, 0.2) is 23.6 Å². The Morgan fingerprint density at radius 1 is 0.848 bits per heavy atom. The molecular formula is C26H52O4Si3. The molecule has 2 heterocycles. The number of rotatable bonds is 12. The summed E-state index contributed by atoms with van der Waals surface area (Å²) in [7, 11) is -5.09. The molecule has 2 fully saturated rings. The second-order valence-electron chi connectivity index (χ2n) is 11.1. The van der Waals surface area contributed by atoms with Gasteiger partial charge in [-0.1, -0.05) is 73.0 Å². The molecule has 0 aromatic rings. The molecule has 0 aromatic carbocycles. The van der Waals surface area contributed by atoms with Crippen molar-refractivity contribution < 1.29 is 18.3 Å². The summed E-state index contributed by atoms with van der Waals surface area (Å²) in [6.07, 6.45) is 7.11. The van der Waals surface area contributed by atoms with Crippen LogP contribution in [0.4, 0.5) is 0 Å². The Kier molecular flexibility index (Phi) is 10.7. The fraction of sp³-hybridized carbons (Fsp3) is 0.846. The highest BCUT2D eigenvalue weighted by Gasteiger charge is 2.59. The Morgan fingerprint density at radius 2 is 1.39 bits per heavy atom. The van der Waals surface area contributed by atoms with Crippen LogP contribution in [0.25, 0.3) is 0 Å². The van der Waals surface area contributed by atoms with Crippen molar-refractivity contribution in [3.05, 3.63) is 23.6 Å². The van der Waals surface area contributed by atoms with E-state index >= 15 is 0 Å². The molecular weight excluding hydrogens is 461 g/mol. The average Bonchev–Trinajstić information content (AvgIpc) is 3.06. The van der Waals surface area contributed by atoms with Gasteiger partial charge < -0.3 is 18.3 Å². The third-order valence-corrected chi connectivity index (χ3v) is 18.5. The van der Waals surface area contributed by atoms with E-state index in [9.17, 15) is 0 Å². The van der Waals surface area contributed by atoms with Gasteiger partial charge in [-0.25, -0.2) is 0 Å². The van der Waals surface area contributed by atoms with Gasteiger partial charge in [0.25, 0.3) is 0 Å². The molecule has 4 nitrogen and oxygen atoms in total. The number of allylic oxidation sites excluding steroid dienone is 2. The zero-order chi connectivity index (χ0) is 24.8. The highest BCUT2D eigenvalue weighted by Crippen LogP contribution is 2.47. The summed E-state index contributed by atoms with van der Waals surface area (Å²) in [5.41, 5.74) is 2.37. The molecule has 0 N–H and O–H groups in total. The highest BCUT2D eigenvalue weighted by atomic mass is 28.4. The topological polar surface area (TPSA) is 36.9 Å². The molecule has 2 aliphatic heterocycles. The fourth-order valence-corrected chi connectivity index (χ4v) is 11.5. The maximum atomic E-state index is 7.24. The van der Waals surface area contributed by atoms with Gasteiger partial charge >= 0.3 is 0 Å². The van der Waals surface area contributed by atoms with Crippen LogP contribution in [-0.4, -0.2) is 49.3 Å². The third-order valence-electron chi connectivity index (χ3n) is 8.02. The highest BCUT2D eigenvalue weighted by molar-refractivity contribution is 6.81. The molecule has 0 aromatic heterocycles. The summed E-state index contributed by atoms with van der Waals surface area (Å²) in [4.78, 5) is 0. The summed E-state index contributed by atoms with van der Waals surface area (Å²) in [6, 6.07) is 6.70. The van der Waals surface area contributed by atoms with Gasteiger partial charge in [0.15, 0.2) is 16.6 Å². The lowest BCUT2D eigenvalue weighted by molar-refractivity contribution is -0.253. The summed E-state index contributed by atoms with van der Waals surface area (Å²) in [5.74, 6) is 0.226. The van der Waals surface area contributed by atoms with Crippen LogP contribution in [0.1, 0.15) is 60.8 Å². The lowest BCUT2D eigenvalue weighted by Gasteiger charge is -2.43. The Morgan fingerprint density at radius 3 is 1.85 bits per heavy atom. The van der Waals surface area contributed by atoms with E-state index in [0.717, 1.165) is 67.9 Å². The van der Waals surface area contributed by atoms with Gasteiger partial charge in [0.1, 0.15) is 18.0 Å². The standard InChI is InChI=1S/C26H52O4Si3/c1-10-32(11-2,12-3)29-24-23(19-18-22-31(7,8)9)28-26(20-16-17-21-27-26)25(24)30-33(13-4,14-5)15-6/h18-19,22,24-25H,10-17,20-21H2,1-9H3/b22-18+,23-19-/t24-,25+,26+/m0/s1. The van der Waals surface area contributed by atoms with Crippen molar-refractivity contribution in [2.24, 2.45) is 0 Å². The summed E-state index contributed by atoms with van der Waals surface area (Å²) in [5, 5.41) is 0. The minimum atomic E-state index is -1.89. The van der Waals surface area contributed by atoms with Crippen molar-refractivity contribution in [3.8, 4) is 0 Å². The first kappa shape index (κ1) is 29.0. The molecule has 1 spiro atoms. The predicted octanol–water partition coefficient (Wildman–Crippen LogP) is 8.01. The van der Waals surface area contributed by atoms with E-state index in [4.69, 9.17) is 18.3 Å². The smallest absolute Gasteiger partial charge is 0.238 e. The Hall–Kier alpha value is -0.189. The van der Waals surface area contributed by atoms with Gasteiger partial charge in [-0.15, -0.1) is 0 Å². The van der Waals surface area contributed by atoms with Gasteiger partial charge in [-0.05, 0) is 55.2 Å². The van der Waals surface area contributed by atoms with Crippen LogP contribution in [-0.2, 0) is 18.3 Å². The predicted molar refractivity (Wildman–Crippen MR) is 148 cm³/mol. The molecule has 2 saturated heterocycles. The molecule has 0 saturated carbocycles. The second kappa shape index (κ2) is 12.2. The number of hydrogen-bond donors (Lipinski definition) is 0. The van der Waals surface area contributed by atoms with Crippen molar-refractivity contribution >= 4 is 24.7 Å². The lowest BCUT2D eigenvalue weighted by atomic mass is 9.98. The third kappa shape index (κ3) is 6.94. The summed E-state index contributed by atoms with van der Waals surface area (Å²) >= 11 is 0. The average molecular weight is 513 g/mol. The zero-order valence-corrected chi connectivity index (χ0v) is 26.1. The van der Waals surface area contributed by atoms with Gasteiger partial charge in [0.2, 0.25) is 5.79 Å². The molecule has 3 atom stereocenters. The molecule has 0 bridgehead atoms. The molecule has 0 aliphatic carbocycles. The largest absolute Gasteiger partial charge is 0.461 e. The Bertz CT molecular complexity index is 640. The lowest BCUT2D eigenvalue weighted by Crippen LogP contribution is -2.56. The first-order valence-electron chi connectivity index (χ1n) is 13.7. The maximum absolute atomic E-state index is 7.24. The fourth-order valence-electron chi connectivity index (χ4n) is 5.16. The Balaban J connectivity index is 2.57. The van der Waals surface area contributed by atoms with E-state index in [1.807, 2.05) is 0 Å². The van der Waals surface area contributed by atoms with Crippen molar-refractivity contribution in [2.45, 2.75) is 135 Å². The van der Waals surface area contributed by atoms with E-state index < -0.39 is 30.5 Å². The van der Waals surface area contributed by atoms with Crippen LogP contribution in [0.3, 0.4) is 0 Å². The van der Waals surface area contributed by atoms with Crippen LogP contribution < -0.4 is 0 Å².